The number of para-hydroxylation sites is 2. The van der Waals surface area contributed by atoms with Gasteiger partial charge >= 0.3 is 0 Å². The van der Waals surface area contributed by atoms with Crippen LogP contribution in [0.5, 0.6) is 11.5 Å². The topological polar surface area (TPSA) is 70.5 Å². The van der Waals surface area contributed by atoms with Crippen molar-refractivity contribution < 1.29 is 9.47 Å². The van der Waals surface area contributed by atoms with Crippen molar-refractivity contribution in [2.45, 2.75) is 34.1 Å². The van der Waals surface area contributed by atoms with E-state index in [1.807, 2.05) is 67.6 Å². The molecule has 0 aliphatic rings. The highest BCUT2D eigenvalue weighted by Gasteiger charge is 2.30. The van der Waals surface area contributed by atoms with Gasteiger partial charge in [0, 0.05) is 5.41 Å². The standard InChI is InChI=1S/C22H28N2O2/c1-5-19(21(24)26-18-14-10-7-11-15-18)22(3,4)16(2)20(23)25-17-12-8-6-9-13-17/h6-15H,5,23-24H2,1-4H3. The molecule has 4 heteroatoms. The largest absolute Gasteiger partial charge is 0.442 e. The Balaban J connectivity index is 2.31. The summed E-state index contributed by atoms with van der Waals surface area (Å²) in [5, 5.41) is 0. The van der Waals surface area contributed by atoms with E-state index in [2.05, 4.69) is 20.8 Å². The number of rotatable bonds is 7. The lowest BCUT2D eigenvalue weighted by atomic mass is 9.76. The fourth-order valence-electron chi connectivity index (χ4n) is 2.83. The molecule has 0 bridgehead atoms. The molecule has 2 aromatic rings. The maximum absolute atomic E-state index is 6.29. The van der Waals surface area contributed by atoms with Crippen LogP contribution in [0.1, 0.15) is 34.1 Å². The molecule has 0 saturated carbocycles. The Morgan fingerprint density at radius 3 is 1.65 bits per heavy atom. The van der Waals surface area contributed by atoms with Gasteiger partial charge in [0.25, 0.3) is 0 Å². The normalized spacial score (nSPS) is 13.5. The van der Waals surface area contributed by atoms with Gasteiger partial charge in [0.05, 0.1) is 0 Å². The summed E-state index contributed by atoms with van der Waals surface area (Å²) in [5.41, 5.74) is 14.0. The molecule has 0 unspecified atom stereocenters. The van der Waals surface area contributed by atoms with Gasteiger partial charge in [-0.1, -0.05) is 57.2 Å². The van der Waals surface area contributed by atoms with Crippen LogP contribution in [0.25, 0.3) is 0 Å². The van der Waals surface area contributed by atoms with Gasteiger partial charge in [-0.2, -0.15) is 0 Å². The Morgan fingerprint density at radius 2 is 1.23 bits per heavy atom. The molecule has 0 radical (unpaired) electrons. The first-order chi connectivity index (χ1) is 12.4. The summed E-state index contributed by atoms with van der Waals surface area (Å²) in [6, 6.07) is 19.0. The van der Waals surface area contributed by atoms with Crippen molar-refractivity contribution in [3.8, 4) is 11.5 Å². The van der Waals surface area contributed by atoms with Crippen molar-refractivity contribution >= 4 is 0 Å². The Kier molecular flexibility index (Phi) is 6.34. The molecule has 0 aromatic heterocycles. The molecule has 0 atom stereocenters. The van der Waals surface area contributed by atoms with Crippen LogP contribution in [-0.4, -0.2) is 0 Å². The molecule has 4 nitrogen and oxygen atoms in total. The first kappa shape index (κ1) is 19.4. The number of nitrogens with two attached hydrogens (primary N) is 2. The van der Waals surface area contributed by atoms with Gasteiger partial charge in [-0.05, 0) is 48.8 Å². The van der Waals surface area contributed by atoms with Gasteiger partial charge in [0.1, 0.15) is 11.5 Å². The van der Waals surface area contributed by atoms with Gasteiger partial charge in [-0.25, -0.2) is 0 Å². The van der Waals surface area contributed by atoms with Crippen molar-refractivity contribution in [3.63, 3.8) is 0 Å². The number of ether oxygens (including phenoxy) is 2. The minimum atomic E-state index is -0.410. The fourth-order valence-corrected chi connectivity index (χ4v) is 2.83. The van der Waals surface area contributed by atoms with Crippen LogP contribution in [0.15, 0.2) is 83.6 Å². The van der Waals surface area contributed by atoms with Crippen LogP contribution >= 0.6 is 0 Å². The van der Waals surface area contributed by atoms with Crippen LogP contribution < -0.4 is 20.9 Å². The second kappa shape index (κ2) is 8.48. The fraction of sp³-hybridized carbons (Fsp3) is 0.273. The lowest BCUT2D eigenvalue weighted by Gasteiger charge is -2.30. The van der Waals surface area contributed by atoms with Crippen molar-refractivity contribution in [1.29, 1.82) is 0 Å². The number of hydrogen-bond acceptors (Lipinski definition) is 4. The molecule has 0 aliphatic heterocycles. The molecule has 0 heterocycles. The molecule has 0 spiro atoms. The molecule has 0 saturated heterocycles. The Bertz CT molecular complexity index is 778. The highest BCUT2D eigenvalue weighted by Crippen LogP contribution is 2.38. The molecule has 4 N–H and O–H groups in total. The smallest absolute Gasteiger partial charge is 0.190 e. The lowest BCUT2D eigenvalue weighted by Crippen LogP contribution is -2.26. The SMILES string of the molecule is CCC(=C(N)Oc1ccccc1)C(C)(C)C(C)=C(N)Oc1ccccc1. The van der Waals surface area contributed by atoms with Crippen molar-refractivity contribution in [2.24, 2.45) is 16.9 Å². The molecular formula is C22H28N2O2. The van der Waals surface area contributed by atoms with E-state index in [4.69, 9.17) is 20.9 Å². The summed E-state index contributed by atoms with van der Waals surface area (Å²) in [5.74, 6) is 2.19. The highest BCUT2D eigenvalue weighted by atomic mass is 16.5. The summed E-state index contributed by atoms with van der Waals surface area (Å²) in [4.78, 5) is 0. The molecule has 26 heavy (non-hydrogen) atoms. The van der Waals surface area contributed by atoms with Gasteiger partial charge < -0.3 is 20.9 Å². The molecular weight excluding hydrogens is 324 g/mol. The summed E-state index contributed by atoms with van der Waals surface area (Å²) in [6.45, 7) is 8.16. The summed E-state index contributed by atoms with van der Waals surface area (Å²) < 4.78 is 11.7. The van der Waals surface area contributed by atoms with Crippen LogP contribution in [0.2, 0.25) is 0 Å². The van der Waals surface area contributed by atoms with Gasteiger partial charge in [-0.15, -0.1) is 0 Å². The molecule has 0 amide bonds. The third-order valence-corrected chi connectivity index (χ3v) is 4.65. The van der Waals surface area contributed by atoms with E-state index >= 15 is 0 Å². The summed E-state index contributed by atoms with van der Waals surface area (Å²) in [6.07, 6.45) is 0.738. The van der Waals surface area contributed by atoms with Gasteiger partial charge in [-0.3, -0.25) is 0 Å². The zero-order chi connectivity index (χ0) is 19.2. The Hall–Kier alpha value is -2.88. The lowest BCUT2D eigenvalue weighted by molar-refractivity contribution is 0.362. The maximum atomic E-state index is 6.29. The van der Waals surface area contributed by atoms with E-state index in [0.717, 1.165) is 17.6 Å². The number of hydrogen-bond donors (Lipinski definition) is 2. The maximum Gasteiger partial charge on any atom is 0.190 e. The molecule has 138 valence electrons. The predicted octanol–water partition coefficient (Wildman–Crippen LogP) is 4.94. The van der Waals surface area contributed by atoms with Crippen LogP contribution in [0.4, 0.5) is 0 Å². The van der Waals surface area contributed by atoms with E-state index in [0.29, 0.717) is 23.3 Å². The molecule has 0 aliphatic carbocycles. The second-order valence-electron chi connectivity index (χ2n) is 6.64. The zero-order valence-corrected chi connectivity index (χ0v) is 16.0. The van der Waals surface area contributed by atoms with Gasteiger partial charge in [0.2, 0.25) is 0 Å². The average molecular weight is 352 g/mol. The van der Waals surface area contributed by atoms with Crippen LogP contribution in [-0.2, 0) is 0 Å². The zero-order valence-electron chi connectivity index (χ0n) is 16.0. The van der Waals surface area contributed by atoms with E-state index in [-0.39, 0.29) is 0 Å². The number of benzene rings is 2. The van der Waals surface area contributed by atoms with Crippen LogP contribution in [0.3, 0.4) is 0 Å². The van der Waals surface area contributed by atoms with Gasteiger partial charge in [0.15, 0.2) is 11.8 Å². The van der Waals surface area contributed by atoms with E-state index in [1.165, 1.54) is 0 Å². The van der Waals surface area contributed by atoms with E-state index in [9.17, 15) is 0 Å². The Labute approximate surface area is 156 Å². The minimum absolute atomic E-state index is 0.375. The monoisotopic (exact) mass is 352 g/mol. The molecule has 0 fully saturated rings. The van der Waals surface area contributed by atoms with Crippen LogP contribution in [0, 0.1) is 5.41 Å². The highest BCUT2D eigenvalue weighted by molar-refractivity contribution is 5.33. The summed E-state index contributed by atoms with van der Waals surface area (Å²) >= 11 is 0. The van der Waals surface area contributed by atoms with E-state index in [1.54, 1.807) is 0 Å². The van der Waals surface area contributed by atoms with Crippen molar-refractivity contribution in [3.05, 3.63) is 83.6 Å². The summed E-state index contributed by atoms with van der Waals surface area (Å²) in [7, 11) is 0. The quantitative estimate of drug-likeness (QED) is 0.692. The first-order valence-electron chi connectivity index (χ1n) is 8.78. The van der Waals surface area contributed by atoms with Crippen molar-refractivity contribution in [1.82, 2.24) is 0 Å². The van der Waals surface area contributed by atoms with Crippen molar-refractivity contribution in [2.75, 3.05) is 0 Å². The molecule has 2 rings (SSSR count). The minimum Gasteiger partial charge on any atom is -0.442 e. The first-order valence-corrected chi connectivity index (χ1v) is 8.78. The Morgan fingerprint density at radius 1 is 0.808 bits per heavy atom. The average Bonchev–Trinajstić information content (AvgIpc) is 2.63. The molecule has 2 aromatic carbocycles. The van der Waals surface area contributed by atoms with E-state index < -0.39 is 5.41 Å². The second-order valence-corrected chi connectivity index (χ2v) is 6.64. The third-order valence-electron chi connectivity index (χ3n) is 4.65. The number of allylic oxidation sites excluding steroid dienone is 2. The third kappa shape index (κ3) is 4.60. The predicted molar refractivity (Wildman–Crippen MR) is 106 cm³/mol.